The largest absolute Gasteiger partial charge is 0.476 e. The van der Waals surface area contributed by atoms with E-state index in [1.54, 1.807) is 6.20 Å². The normalized spacial score (nSPS) is 15.1. The maximum atomic E-state index is 12.4. The van der Waals surface area contributed by atoms with Crippen LogP contribution in [0.2, 0.25) is 10.0 Å². The Labute approximate surface area is 167 Å². The maximum Gasteiger partial charge on any atom is 0.356 e. The lowest BCUT2D eigenvalue weighted by molar-refractivity contribution is -0.133. The Morgan fingerprint density at radius 1 is 1.07 bits per heavy atom. The molecule has 0 unspecified atom stereocenters. The van der Waals surface area contributed by atoms with Crippen LogP contribution in [0.5, 0.6) is 0 Å². The second-order valence-electron chi connectivity index (χ2n) is 6.38. The number of nitrogens with zero attached hydrogens (tertiary/aromatic N) is 4. The van der Waals surface area contributed by atoms with E-state index in [1.807, 2.05) is 23.1 Å². The molecule has 1 amide bonds. The van der Waals surface area contributed by atoms with E-state index in [1.165, 1.54) is 10.7 Å². The van der Waals surface area contributed by atoms with Gasteiger partial charge in [0.2, 0.25) is 5.91 Å². The number of amides is 1. The van der Waals surface area contributed by atoms with Gasteiger partial charge in [0.1, 0.15) is 0 Å². The van der Waals surface area contributed by atoms with Crippen LogP contribution in [-0.2, 0) is 17.9 Å². The Hall–Kier alpha value is -2.09. The number of hydrogen-bond acceptors (Lipinski definition) is 4. The van der Waals surface area contributed by atoms with Crippen LogP contribution in [0.3, 0.4) is 0 Å². The monoisotopic (exact) mass is 410 g/mol. The summed E-state index contributed by atoms with van der Waals surface area (Å²) in [6.07, 6.45) is 1.86. The fourth-order valence-electron chi connectivity index (χ4n) is 3.03. The van der Waals surface area contributed by atoms with Crippen molar-refractivity contribution in [2.45, 2.75) is 19.5 Å². The van der Waals surface area contributed by atoms with Gasteiger partial charge in [-0.3, -0.25) is 14.4 Å². The van der Waals surface area contributed by atoms with Gasteiger partial charge in [-0.2, -0.15) is 5.10 Å². The van der Waals surface area contributed by atoms with Crippen LogP contribution in [-0.4, -0.2) is 62.7 Å². The highest BCUT2D eigenvalue weighted by molar-refractivity contribution is 6.35. The first-order valence-corrected chi connectivity index (χ1v) is 9.39. The Balaban J connectivity index is 1.47. The van der Waals surface area contributed by atoms with Crippen molar-refractivity contribution >= 4 is 35.1 Å². The summed E-state index contributed by atoms with van der Waals surface area (Å²) in [5.41, 5.74) is 0.892. The SMILES string of the molecule is O=C(O)c1ccn(CCC(=O)N2CCN(Cc3c(Cl)cccc3Cl)CC2)n1. The first-order chi connectivity index (χ1) is 12.9. The van der Waals surface area contributed by atoms with E-state index in [0.29, 0.717) is 36.2 Å². The van der Waals surface area contributed by atoms with Crippen molar-refractivity contribution in [1.82, 2.24) is 19.6 Å². The molecule has 0 bridgehead atoms. The molecule has 1 saturated heterocycles. The Morgan fingerprint density at radius 3 is 2.33 bits per heavy atom. The number of rotatable bonds is 6. The summed E-state index contributed by atoms with van der Waals surface area (Å²) in [5.74, 6) is -1.03. The van der Waals surface area contributed by atoms with Crippen LogP contribution in [0.4, 0.5) is 0 Å². The highest BCUT2D eigenvalue weighted by Gasteiger charge is 2.22. The average molecular weight is 411 g/mol. The van der Waals surface area contributed by atoms with E-state index >= 15 is 0 Å². The highest BCUT2D eigenvalue weighted by atomic mass is 35.5. The first kappa shape index (κ1) is 19.7. The van der Waals surface area contributed by atoms with Crippen molar-refractivity contribution in [2.75, 3.05) is 26.2 Å². The summed E-state index contributed by atoms with van der Waals surface area (Å²) < 4.78 is 1.48. The summed E-state index contributed by atoms with van der Waals surface area (Å²) in [7, 11) is 0. The molecular formula is C18H20Cl2N4O3. The van der Waals surface area contributed by atoms with E-state index in [9.17, 15) is 9.59 Å². The average Bonchev–Trinajstić information content (AvgIpc) is 3.13. The zero-order chi connectivity index (χ0) is 19.4. The van der Waals surface area contributed by atoms with Gasteiger partial charge in [0, 0.05) is 67.5 Å². The van der Waals surface area contributed by atoms with E-state index < -0.39 is 5.97 Å². The lowest BCUT2D eigenvalue weighted by Crippen LogP contribution is -2.48. The Morgan fingerprint density at radius 2 is 1.74 bits per heavy atom. The number of hydrogen-bond donors (Lipinski definition) is 1. The number of halogens is 2. The number of carbonyl (C=O) groups is 2. The molecule has 0 radical (unpaired) electrons. The van der Waals surface area contributed by atoms with Gasteiger partial charge in [-0.1, -0.05) is 29.3 Å². The predicted octanol–water partition coefficient (Wildman–Crippen LogP) is 2.62. The molecular weight excluding hydrogens is 391 g/mol. The minimum Gasteiger partial charge on any atom is -0.476 e. The van der Waals surface area contributed by atoms with Crippen molar-refractivity contribution in [3.05, 3.63) is 51.8 Å². The molecule has 0 spiro atoms. The molecule has 0 aliphatic carbocycles. The topological polar surface area (TPSA) is 78.7 Å². The van der Waals surface area contributed by atoms with Gasteiger partial charge in [0.05, 0.1) is 0 Å². The minimum atomic E-state index is -1.07. The predicted molar refractivity (Wildman–Crippen MR) is 102 cm³/mol. The molecule has 7 nitrogen and oxygen atoms in total. The second kappa shape index (κ2) is 8.73. The molecule has 1 N–H and O–H groups in total. The van der Waals surface area contributed by atoms with Crippen molar-refractivity contribution in [3.8, 4) is 0 Å². The number of benzene rings is 1. The maximum absolute atomic E-state index is 12.4. The van der Waals surface area contributed by atoms with Gasteiger partial charge < -0.3 is 10.0 Å². The fourth-order valence-corrected chi connectivity index (χ4v) is 3.55. The van der Waals surface area contributed by atoms with Crippen molar-refractivity contribution in [1.29, 1.82) is 0 Å². The molecule has 3 rings (SSSR count). The quantitative estimate of drug-likeness (QED) is 0.791. The number of carbonyl (C=O) groups excluding carboxylic acids is 1. The van der Waals surface area contributed by atoms with Crippen LogP contribution in [0.1, 0.15) is 22.5 Å². The Bertz CT molecular complexity index is 812. The molecule has 144 valence electrons. The highest BCUT2D eigenvalue weighted by Crippen LogP contribution is 2.26. The third-order valence-corrected chi connectivity index (χ3v) is 5.29. The van der Waals surface area contributed by atoms with Crippen molar-refractivity contribution < 1.29 is 14.7 Å². The van der Waals surface area contributed by atoms with Gasteiger partial charge in [-0.15, -0.1) is 0 Å². The van der Waals surface area contributed by atoms with Gasteiger partial charge in [-0.05, 0) is 18.2 Å². The summed E-state index contributed by atoms with van der Waals surface area (Å²) in [6, 6.07) is 6.90. The second-order valence-corrected chi connectivity index (χ2v) is 7.19. The number of aromatic nitrogens is 2. The molecule has 27 heavy (non-hydrogen) atoms. The first-order valence-electron chi connectivity index (χ1n) is 8.64. The molecule has 1 aromatic carbocycles. The van der Waals surface area contributed by atoms with E-state index in [4.69, 9.17) is 28.3 Å². The van der Waals surface area contributed by atoms with E-state index in [-0.39, 0.29) is 18.0 Å². The molecule has 0 atom stereocenters. The minimum absolute atomic E-state index is 0.0192. The molecule has 9 heteroatoms. The Kier molecular flexibility index (Phi) is 6.36. The van der Waals surface area contributed by atoms with Crippen LogP contribution in [0.25, 0.3) is 0 Å². The van der Waals surface area contributed by atoms with Gasteiger partial charge in [0.25, 0.3) is 0 Å². The number of carboxylic acids is 1. The van der Waals surface area contributed by atoms with Crippen LogP contribution in [0, 0.1) is 0 Å². The lowest BCUT2D eigenvalue weighted by Gasteiger charge is -2.35. The molecule has 1 aliphatic rings. The summed E-state index contributed by atoms with van der Waals surface area (Å²) in [6.45, 7) is 3.80. The summed E-state index contributed by atoms with van der Waals surface area (Å²) >= 11 is 12.5. The molecule has 2 heterocycles. The van der Waals surface area contributed by atoms with Crippen LogP contribution in [0.15, 0.2) is 30.5 Å². The van der Waals surface area contributed by atoms with Gasteiger partial charge >= 0.3 is 5.97 Å². The van der Waals surface area contributed by atoms with Crippen molar-refractivity contribution in [2.24, 2.45) is 0 Å². The molecule has 2 aromatic rings. The third kappa shape index (κ3) is 5.00. The molecule has 1 aromatic heterocycles. The number of aryl methyl sites for hydroxylation is 1. The number of carboxylic acid groups (broad SMARTS) is 1. The standard InChI is InChI=1S/C18H20Cl2N4O3/c19-14-2-1-3-15(20)13(14)12-22-8-10-23(11-9-22)17(25)5-7-24-6-4-16(21-24)18(26)27/h1-4,6H,5,7-12H2,(H,26,27). The molecule has 1 aliphatic heterocycles. The number of aromatic carboxylic acids is 1. The number of piperazine rings is 1. The summed E-state index contributed by atoms with van der Waals surface area (Å²) in [5, 5.41) is 14.1. The van der Waals surface area contributed by atoms with Gasteiger partial charge in [0.15, 0.2) is 5.69 Å². The third-order valence-electron chi connectivity index (χ3n) is 4.58. The van der Waals surface area contributed by atoms with E-state index in [2.05, 4.69) is 10.00 Å². The molecule has 0 saturated carbocycles. The summed E-state index contributed by atoms with van der Waals surface area (Å²) in [4.78, 5) is 27.3. The van der Waals surface area contributed by atoms with E-state index in [0.717, 1.165) is 18.7 Å². The zero-order valence-electron chi connectivity index (χ0n) is 14.6. The van der Waals surface area contributed by atoms with Gasteiger partial charge in [-0.25, -0.2) is 4.79 Å². The zero-order valence-corrected chi connectivity index (χ0v) is 16.2. The smallest absolute Gasteiger partial charge is 0.356 e. The lowest BCUT2D eigenvalue weighted by atomic mass is 10.2. The van der Waals surface area contributed by atoms with Crippen molar-refractivity contribution in [3.63, 3.8) is 0 Å². The molecule has 1 fully saturated rings. The fraction of sp³-hybridized carbons (Fsp3) is 0.389. The van der Waals surface area contributed by atoms with Crippen LogP contribution >= 0.6 is 23.2 Å². The van der Waals surface area contributed by atoms with Crippen LogP contribution < -0.4 is 0 Å².